The van der Waals surface area contributed by atoms with Gasteiger partial charge in [0, 0.05) is 28.3 Å². The van der Waals surface area contributed by atoms with Crippen LogP contribution in [0.1, 0.15) is 48.9 Å². The molecule has 0 saturated carbocycles. The predicted octanol–water partition coefficient (Wildman–Crippen LogP) is 15.9. The molecule has 0 amide bonds. The number of rotatable bonds is 8. The zero-order valence-electron chi connectivity index (χ0n) is 32.6. The first-order valence-electron chi connectivity index (χ1n) is 20.4. The number of hydrogen-bond acceptors (Lipinski definition) is 3. The van der Waals surface area contributed by atoms with Gasteiger partial charge in [-0.25, -0.2) is 0 Å². The van der Waals surface area contributed by atoms with Crippen LogP contribution in [0.4, 0.5) is 17.5 Å². The molecule has 3 heteroatoms. The lowest BCUT2D eigenvalue weighted by atomic mass is 9.73. The molecule has 2 aromatic heterocycles. The Balaban J connectivity index is 1.04. The van der Waals surface area contributed by atoms with Gasteiger partial charge in [-0.1, -0.05) is 166 Å². The highest BCUT2D eigenvalue weighted by molar-refractivity contribution is 6.18. The van der Waals surface area contributed by atoms with Gasteiger partial charge in [-0.05, 0) is 103 Å². The number of fused-ring (bicyclic) bond motifs is 8. The van der Waals surface area contributed by atoms with Gasteiger partial charge in [0.25, 0.3) is 0 Å². The topological polar surface area (TPSA) is 29.5 Å². The van der Waals surface area contributed by atoms with Crippen molar-refractivity contribution >= 4 is 73.1 Å². The van der Waals surface area contributed by atoms with Crippen LogP contribution in [0.15, 0.2) is 185 Å². The second-order valence-electron chi connectivity index (χ2n) is 15.5. The molecule has 8 aromatic carbocycles. The van der Waals surface area contributed by atoms with Crippen molar-refractivity contribution in [1.29, 1.82) is 0 Å². The molecule has 11 rings (SSSR count). The third kappa shape index (κ3) is 5.27. The molecule has 0 atom stereocenters. The van der Waals surface area contributed by atoms with E-state index in [-0.39, 0.29) is 5.41 Å². The van der Waals surface area contributed by atoms with Gasteiger partial charge in [0.05, 0.1) is 5.69 Å². The van der Waals surface area contributed by atoms with Crippen molar-refractivity contribution in [3.63, 3.8) is 0 Å². The van der Waals surface area contributed by atoms with Crippen LogP contribution in [0.25, 0.3) is 77.9 Å². The average molecular weight is 748 g/mol. The number of anilines is 3. The molecule has 0 aliphatic heterocycles. The van der Waals surface area contributed by atoms with Crippen molar-refractivity contribution in [2.24, 2.45) is 0 Å². The lowest BCUT2D eigenvalue weighted by Crippen LogP contribution is -2.23. The fourth-order valence-electron chi connectivity index (χ4n) is 9.71. The van der Waals surface area contributed by atoms with Crippen LogP contribution in [-0.4, -0.2) is 0 Å². The molecule has 1 aliphatic rings. The highest BCUT2D eigenvalue weighted by atomic mass is 16.4. The summed E-state index contributed by atoms with van der Waals surface area (Å²) in [5.74, 6) is 1.44. The first kappa shape index (κ1) is 34.2. The summed E-state index contributed by atoms with van der Waals surface area (Å²) in [6.07, 6.45) is 6.61. The summed E-state index contributed by atoms with van der Waals surface area (Å²) < 4.78 is 13.1. The molecule has 0 radical (unpaired) electrons. The molecule has 0 N–H and O–H groups in total. The lowest BCUT2D eigenvalue weighted by Gasteiger charge is -2.31. The van der Waals surface area contributed by atoms with E-state index < -0.39 is 0 Å². The Morgan fingerprint density at radius 2 is 1.02 bits per heavy atom. The van der Waals surface area contributed by atoms with Gasteiger partial charge in [0.2, 0.25) is 11.8 Å². The van der Waals surface area contributed by atoms with Crippen LogP contribution < -0.4 is 4.90 Å². The minimum Gasteiger partial charge on any atom is -0.440 e. The van der Waals surface area contributed by atoms with Gasteiger partial charge < -0.3 is 8.83 Å². The molecule has 3 nitrogen and oxygen atoms in total. The third-order valence-electron chi connectivity index (χ3n) is 12.6. The van der Waals surface area contributed by atoms with E-state index in [1.165, 1.54) is 66.1 Å². The van der Waals surface area contributed by atoms with Gasteiger partial charge in [-0.15, -0.1) is 0 Å². The van der Waals surface area contributed by atoms with Crippen molar-refractivity contribution in [3.8, 4) is 22.3 Å². The molecule has 0 unspecified atom stereocenters. The van der Waals surface area contributed by atoms with Crippen LogP contribution >= 0.6 is 0 Å². The Morgan fingerprint density at radius 1 is 0.483 bits per heavy atom. The van der Waals surface area contributed by atoms with Crippen molar-refractivity contribution in [2.45, 2.75) is 32.1 Å². The van der Waals surface area contributed by atoms with Gasteiger partial charge >= 0.3 is 0 Å². The first-order chi connectivity index (χ1) is 28.6. The SMILES string of the molecule is CCC1(CC)c2cc(C=Cc3c(-c4ccccc4)c4ccccc4c4ccccc34)ccc2-c2ccc(N(c3cc4ccccc4o3)c3cc4ccccc4o3)cc21. The summed E-state index contributed by atoms with van der Waals surface area (Å²) in [6.45, 7) is 4.67. The Bertz CT molecular complexity index is 3070. The van der Waals surface area contributed by atoms with E-state index in [1.807, 2.05) is 36.4 Å². The van der Waals surface area contributed by atoms with Gasteiger partial charge in [0.15, 0.2) is 0 Å². The average Bonchev–Trinajstić information content (AvgIpc) is 3.98. The Kier molecular flexibility index (Phi) is 7.97. The highest BCUT2D eigenvalue weighted by Gasteiger charge is 2.41. The Morgan fingerprint density at radius 3 is 1.66 bits per heavy atom. The van der Waals surface area contributed by atoms with Crippen molar-refractivity contribution < 1.29 is 8.83 Å². The van der Waals surface area contributed by atoms with E-state index in [2.05, 4.69) is 170 Å². The summed E-state index contributed by atoms with van der Waals surface area (Å²) >= 11 is 0. The smallest absolute Gasteiger partial charge is 0.208 e. The van der Waals surface area contributed by atoms with Gasteiger partial charge in [-0.2, -0.15) is 0 Å². The number of furan rings is 2. The normalized spacial score (nSPS) is 13.2. The maximum absolute atomic E-state index is 6.55. The van der Waals surface area contributed by atoms with Gasteiger partial charge in [-0.3, -0.25) is 4.90 Å². The second-order valence-corrected chi connectivity index (χ2v) is 15.5. The molecule has 58 heavy (non-hydrogen) atoms. The standard InChI is InChI=1S/C55H41NO2/c1-3-55(4-2)48-32-36(27-30-47-43-22-11-10-20-41(43)42-21-12-13-23-46(42)54(47)37-16-6-5-7-17-37)26-29-44(48)45-31-28-40(35-49(45)55)56(52-33-38-18-8-14-24-50(38)57-52)53-34-39-19-9-15-25-51(39)58-53/h5-35H,3-4H2,1-2H3. The van der Waals surface area contributed by atoms with E-state index >= 15 is 0 Å². The molecule has 0 bridgehead atoms. The lowest BCUT2D eigenvalue weighted by molar-refractivity contribution is 0.490. The minimum absolute atomic E-state index is 0.164. The Labute approximate surface area is 338 Å². The summed E-state index contributed by atoms with van der Waals surface area (Å²) in [5, 5.41) is 7.18. The number of nitrogens with zero attached hydrogens (tertiary/aromatic N) is 1. The zero-order chi connectivity index (χ0) is 38.8. The van der Waals surface area contributed by atoms with Crippen molar-refractivity contribution in [3.05, 3.63) is 198 Å². The monoisotopic (exact) mass is 747 g/mol. The molecule has 1 aliphatic carbocycles. The predicted molar refractivity (Wildman–Crippen MR) is 243 cm³/mol. The summed E-state index contributed by atoms with van der Waals surface area (Å²) in [5.41, 5.74) is 12.8. The number of hydrogen-bond donors (Lipinski definition) is 0. The highest BCUT2D eigenvalue weighted by Crippen LogP contribution is 2.55. The minimum atomic E-state index is -0.164. The molecule has 0 spiro atoms. The van der Waals surface area contributed by atoms with E-state index in [4.69, 9.17) is 8.83 Å². The molecule has 278 valence electrons. The molecular weight excluding hydrogens is 707 g/mol. The maximum Gasteiger partial charge on any atom is 0.208 e. The van der Waals surface area contributed by atoms with Crippen molar-refractivity contribution in [2.75, 3.05) is 4.90 Å². The zero-order valence-corrected chi connectivity index (χ0v) is 32.6. The van der Waals surface area contributed by atoms with Crippen molar-refractivity contribution in [1.82, 2.24) is 0 Å². The number of para-hydroxylation sites is 2. The molecule has 2 heterocycles. The van der Waals surface area contributed by atoms with E-state index in [1.54, 1.807) is 0 Å². The summed E-state index contributed by atoms with van der Waals surface area (Å²) in [4.78, 5) is 2.13. The molecule has 0 fully saturated rings. The van der Waals surface area contributed by atoms with E-state index in [9.17, 15) is 0 Å². The quantitative estimate of drug-likeness (QED) is 0.114. The van der Waals surface area contributed by atoms with Crippen LogP contribution in [0.2, 0.25) is 0 Å². The summed E-state index contributed by atoms with van der Waals surface area (Å²) in [6, 6.07) is 63.0. The molecule has 10 aromatic rings. The van der Waals surface area contributed by atoms with Crippen LogP contribution in [0, 0.1) is 0 Å². The van der Waals surface area contributed by atoms with Crippen LogP contribution in [0.3, 0.4) is 0 Å². The van der Waals surface area contributed by atoms with E-state index in [0.29, 0.717) is 0 Å². The van der Waals surface area contributed by atoms with Crippen LogP contribution in [-0.2, 0) is 5.41 Å². The fraction of sp³-hybridized carbons (Fsp3) is 0.0909. The van der Waals surface area contributed by atoms with Crippen LogP contribution in [0.5, 0.6) is 0 Å². The fourth-order valence-corrected chi connectivity index (χ4v) is 9.71. The second kappa shape index (κ2) is 13.5. The molecule has 0 saturated heterocycles. The Hall–Kier alpha value is -7.10. The first-order valence-corrected chi connectivity index (χ1v) is 20.4. The van der Waals surface area contributed by atoms with Gasteiger partial charge in [0.1, 0.15) is 11.2 Å². The largest absolute Gasteiger partial charge is 0.440 e. The maximum atomic E-state index is 6.55. The van der Waals surface area contributed by atoms with E-state index in [0.717, 1.165) is 52.2 Å². The summed E-state index contributed by atoms with van der Waals surface area (Å²) in [7, 11) is 0. The molecular formula is C55H41NO2. The number of benzene rings is 8. The third-order valence-corrected chi connectivity index (χ3v) is 12.6.